The van der Waals surface area contributed by atoms with E-state index in [1.807, 2.05) is 38.1 Å². The van der Waals surface area contributed by atoms with E-state index in [0.29, 0.717) is 35.2 Å². The molecule has 0 aromatic carbocycles. The van der Waals surface area contributed by atoms with Crippen molar-refractivity contribution < 1.29 is 15.0 Å². The minimum absolute atomic E-state index is 0. The number of carboxylic acids is 1. The first-order valence-corrected chi connectivity index (χ1v) is 14.8. The second-order valence-electron chi connectivity index (χ2n) is 11.5. The first-order valence-electron chi connectivity index (χ1n) is 14.8. The van der Waals surface area contributed by atoms with Crippen LogP contribution in [0.5, 0.6) is 0 Å². The molecule has 3 aliphatic rings. The van der Waals surface area contributed by atoms with Crippen LogP contribution in [0.25, 0.3) is 51.1 Å². The number of allylic oxidation sites excluding steroid dienone is 2. The normalized spacial score (nSPS) is 17.2. The zero-order valence-corrected chi connectivity index (χ0v) is 26.9. The third-order valence-corrected chi connectivity index (χ3v) is 9.04. The van der Waals surface area contributed by atoms with Crippen LogP contribution in [0, 0.1) is 6.92 Å². The van der Waals surface area contributed by atoms with E-state index in [9.17, 15) is 15.0 Å². The number of aromatic nitrogens is 4. The molecule has 2 aliphatic heterocycles. The molecule has 5 heterocycles. The van der Waals surface area contributed by atoms with Crippen molar-refractivity contribution in [2.75, 3.05) is 0 Å². The Bertz CT molecular complexity index is 1890. The number of aliphatic carboxylic acids is 1. The SMILES string of the molecule is C=Cc1c(C)c2cc3nc(c4c5[n-]c(cc6nc(cc1[n-]2)C(C)=C6CCC)c(CC)c5C([O-])=C4)[C@@H](CCC(=O)[O-])[C@@H]3C.[Mg+2]. The summed E-state index contributed by atoms with van der Waals surface area (Å²) < 4.78 is 0. The molecule has 3 aromatic heterocycles. The summed E-state index contributed by atoms with van der Waals surface area (Å²) in [5, 5.41) is 25.0. The van der Waals surface area contributed by atoms with Gasteiger partial charge < -0.3 is 25.0 Å². The van der Waals surface area contributed by atoms with Gasteiger partial charge in [-0.05, 0) is 67.4 Å². The molecule has 0 fully saturated rings. The van der Waals surface area contributed by atoms with Crippen LogP contribution in [0.2, 0.25) is 0 Å². The van der Waals surface area contributed by atoms with Gasteiger partial charge in [0.2, 0.25) is 0 Å². The van der Waals surface area contributed by atoms with Gasteiger partial charge in [-0.3, -0.25) is 4.98 Å². The van der Waals surface area contributed by atoms with E-state index in [1.165, 1.54) is 5.57 Å². The van der Waals surface area contributed by atoms with Gasteiger partial charge in [0, 0.05) is 23.5 Å². The fraction of sp³-hybridized carbons (Fsp3) is 0.343. The summed E-state index contributed by atoms with van der Waals surface area (Å²) in [6.45, 7) is 14.4. The Kier molecular flexibility index (Phi) is 8.46. The summed E-state index contributed by atoms with van der Waals surface area (Å²) in [6.07, 6.45) is 6.21. The molecule has 216 valence electrons. The van der Waals surface area contributed by atoms with Gasteiger partial charge in [0.25, 0.3) is 0 Å². The minimum Gasteiger partial charge on any atom is -0.872 e. The first kappa shape index (κ1) is 30.8. The molecular weight excluding hydrogens is 549 g/mol. The van der Waals surface area contributed by atoms with E-state index in [-0.39, 0.29) is 47.1 Å². The number of carbonyl (C=O) groups excluding carboxylic acids is 1. The van der Waals surface area contributed by atoms with Gasteiger partial charge >= 0.3 is 23.1 Å². The summed E-state index contributed by atoms with van der Waals surface area (Å²) in [4.78, 5) is 31.7. The van der Waals surface area contributed by atoms with E-state index < -0.39 is 5.97 Å². The monoisotopic (exact) mass is 582 g/mol. The van der Waals surface area contributed by atoms with Crippen molar-refractivity contribution in [3.8, 4) is 0 Å². The molecule has 3 aromatic rings. The summed E-state index contributed by atoms with van der Waals surface area (Å²) in [6, 6.07) is 6.04. The molecule has 0 unspecified atom stereocenters. The van der Waals surface area contributed by atoms with Crippen molar-refractivity contribution >= 4 is 80.1 Å². The van der Waals surface area contributed by atoms with Gasteiger partial charge in [-0.25, -0.2) is 4.98 Å². The third-order valence-electron chi connectivity index (χ3n) is 9.04. The number of aryl methyl sites for hydroxylation is 2. The number of carboxylic acid groups (broad SMARTS) is 1. The topological polar surface area (TPSA) is 117 Å². The van der Waals surface area contributed by atoms with Crippen LogP contribution in [0.3, 0.4) is 0 Å². The van der Waals surface area contributed by atoms with Crippen molar-refractivity contribution in [3.63, 3.8) is 0 Å². The summed E-state index contributed by atoms with van der Waals surface area (Å²) >= 11 is 0. The predicted molar refractivity (Wildman–Crippen MR) is 170 cm³/mol. The van der Waals surface area contributed by atoms with Gasteiger partial charge in [0.05, 0.1) is 17.1 Å². The van der Waals surface area contributed by atoms with Gasteiger partial charge in [0.15, 0.2) is 0 Å². The maximum absolute atomic E-state index is 13.5. The molecule has 43 heavy (non-hydrogen) atoms. The molecule has 6 rings (SSSR count). The van der Waals surface area contributed by atoms with Gasteiger partial charge in [-0.2, -0.15) is 0 Å². The van der Waals surface area contributed by atoms with Gasteiger partial charge in [0.1, 0.15) is 0 Å². The zero-order valence-electron chi connectivity index (χ0n) is 25.5. The molecule has 1 aliphatic carbocycles. The van der Waals surface area contributed by atoms with Gasteiger partial charge in [-0.1, -0.05) is 75.2 Å². The number of rotatable bonds is 7. The van der Waals surface area contributed by atoms with Crippen LogP contribution >= 0.6 is 0 Å². The van der Waals surface area contributed by atoms with Crippen molar-refractivity contribution in [3.05, 3.63) is 75.4 Å². The zero-order chi connectivity index (χ0) is 29.9. The predicted octanol–water partition coefficient (Wildman–Crippen LogP) is 5.03. The fourth-order valence-electron chi connectivity index (χ4n) is 6.73. The van der Waals surface area contributed by atoms with Crippen molar-refractivity contribution in [2.45, 2.75) is 78.6 Å². The van der Waals surface area contributed by atoms with Crippen LogP contribution in [0.15, 0.2) is 24.8 Å². The summed E-state index contributed by atoms with van der Waals surface area (Å²) in [5.74, 6) is -1.48. The minimum atomic E-state index is -1.10. The first-order chi connectivity index (χ1) is 20.2. The number of hydrogen-bond acceptors (Lipinski definition) is 5. The van der Waals surface area contributed by atoms with E-state index in [1.54, 1.807) is 6.08 Å². The van der Waals surface area contributed by atoms with Gasteiger partial charge in [-0.15, -0.1) is 27.8 Å². The average molecular weight is 583 g/mol. The second kappa shape index (κ2) is 11.8. The Morgan fingerprint density at radius 1 is 1.07 bits per heavy atom. The number of hydrogen-bond donors (Lipinski definition) is 0. The smallest absolute Gasteiger partial charge is 0.872 e. The van der Waals surface area contributed by atoms with Crippen molar-refractivity contribution in [1.82, 2.24) is 19.9 Å². The van der Waals surface area contributed by atoms with Crippen molar-refractivity contribution in [2.24, 2.45) is 0 Å². The number of carbonyl (C=O) groups is 1. The van der Waals surface area contributed by atoms with Crippen LogP contribution < -0.4 is 20.2 Å². The van der Waals surface area contributed by atoms with E-state index >= 15 is 0 Å². The molecule has 7 nitrogen and oxygen atoms in total. The Hall–Kier alpha value is -3.62. The largest absolute Gasteiger partial charge is 2.00 e. The maximum atomic E-state index is 13.5. The van der Waals surface area contributed by atoms with Crippen LogP contribution in [-0.2, 0) is 11.2 Å². The Labute approximate surface area is 268 Å². The standard InChI is InChI=1S/C35H37N4O3.Mg/c1-7-10-22-18(5)26-15-28-20(8-2)17(4)25(36-28)14-27-19(6)23(11-12-32(41)42)34(38-27)24-13-31(40)33-21(9-3)29(39-35(24)33)16-30(22)37-26;/h8,13-16,19,23H,2,7,9-12H2,1,3-6H3,(H3-,36,37,38,39,40,41,42);/q-1;+2/p-3/t19-,23-;/m0./s1. The van der Waals surface area contributed by atoms with Crippen LogP contribution in [0.1, 0.15) is 116 Å². The van der Waals surface area contributed by atoms with E-state index in [4.69, 9.17) is 19.9 Å². The van der Waals surface area contributed by atoms with Crippen LogP contribution in [-0.4, -0.2) is 39.0 Å². The van der Waals surface area contributed by atoms with E-state index in [2.05, 4.69) is 27.4 Å². The number of fused-ring (bicyclic) bond motifs is 8. The second-order valence-corrected chi connectivity index (χ2v) is 11.5. The fourth-order valence-corrected chi connectivity index (χ4v) is 6.73. The van der Waals surface area contributed by atoms with E-state index in [0.717, 1.165) is 68.7 Å². The summed E-state index contributed by atoms with van der Waals surface area (Å²) in [7, 11) is 0. The van der Waals surface area contributed by atoms with Crippen molar-refractivity contribution in [1.29, 1.82) is 0 Å². The maximum Gasteiger partial charge on any atom is 2.00 e. The number of nitrogens with zero attached hydrogens (tertiary/aromatic N) is 4. The Balaban J connectivity index is 0.00000368. The molecule has 0 saturated carbocycles. The molecule has 0 spiro atoms. The third kappa shape index (κ3) is 5.04. The molecule has 8 heteroatoms. The molecule has 0 amide bonds. The molecule has 0 radical (unpaired) electrons. The Morgan fingerprint density at radius 2 is 1.81 bits per heavy atom. The summed E-state index contributed by atoms with van der Waals surface area (Å²) in [5.41, 5.74) is 12.6. The quantitative estimate of drug-likeness (QED) is 0.359. The molecule has 0 saturated heterocycles. The molecule has 2 atom stereocenters. The Morgan fingerprint density at radius 3 is 2.49 bits per heavy atom. The average Bonchev–Trinajstić information content (AvgIpc) is 3.70. The molecule has 8 bridgehead atoms. The van der Waals surface area contributed by atoms with Crippen LogP contribution in [0.4, 0.5) is 0 Å². The molecular formula is C35H34MgN4O3-2. The molecule has 0 N–H and O–H groups in total.